The number of cyclic esters (lactones) is 1. The van der Waals surface area contributed by atoms with Crippen LogP contribution in [0.3, 0.4) is 0 Å². The number of esters is 1. The Bertz CT molecular complexity index is 1370. The molecule has 2 saturated heterocycles. The van der Waals surface area contributed by atoms with Gasteiger partial charge in [0.05, 0.1) is 18.1 Å². The smallest absolute Gasteiger partial charge is 0.334 e. The van der Waals surface area contributed by atoms with Gasteiger partial charge in [0.1, 0.15) is 41.9 Å². The SMILES string of the molecule is COc1ccc(S(=O)(=O)O[C@@H]2[C@@H]3O[C@]34[C@]3(O[C@H]3C[C@H]3C5=C(CC[C@@]34C)C(=O)OC5)[C@H](O)[C@]2(O)C(C)C)cc1. The van der Waals surface area contributed by atoms with E-state index in [1.165, 1.54) is 31.4 Å². The van der Waals surface area contributed by atoms with Crippen molar-refractivity contribution in [1.29, 1.82) is 0 Å². The van der Waals surface area contributed by atoms with Crippen LogP contribution in [0.1, 0.15) is 40.0 Å². The third-order valence-electron chi connectivity index (χ3n) is 10.4. The molecule has 7 rings (SSSR count). The number of hydrogen-bond acceptors (Lipinski definition) is 10. The molecule has 0 aromatic heterocycles. The molecule has 0 unspecified atom stereocenters. The van der Waals surface area contributed by atoms with E-state index in [1.54, 1.807) is 13.8 Å². The number of hydrogen-bond donors (Lipinski definition) is 2. The van der Waals surface area contributed by atoms with E-state index in [0.29, 0.717) is 30.6 Å². The fourth-order valence-corrected chi connectivity index (χ4v) is 9.44. The average Bonchev–Trinajstić information content (AvgIpc) is 3.78. The number of fused-ring (bicyclic) bond motifs is 2. The average molecular weight is 549 g/mol. The van der Waals surface area contributed by atoms with Crippen molar-refractivity contribution in [2.45, 2.75) is 86.1 Å². The van der Waals surface area contributed by atoms with Gasteiger partial charge in [0.15, 0.2) is 5.60 Å². The fraction of sp³-hybridized carbons (Fsp3) is 0.667. The van der Waals surface area contributed by atoms with Gasteiger partial charge in [-0.3, -0.25) is 4.18 Å². The number of methoxy groups -OCH3 is 1. The van der Waals surface area contributed by atoms with Crippen molar-refractivity contribution in [3.8, 4) is 5.75 Å². The molecule has 38 heavy (non-hydrogen) atoms. The molecule has 4 fully saturated rings. The first kappa shape index (κ1) is 25.0. The van der Waals surface area contributed by atoms with E-state index in [0.717, 1.165) is 5.57 Å². The number of benzene rings is 1. The van der Waals surface area contributed by atoms with Crippen molar-refractivity contribution in [2.75, 3.05) is 13.7 Å². The van der Waals surface area contributed by atoms with Gasteiger partial charge in [-0.1, -0.05) is 20.8 Å². The van der Waals surface area contributed by atoms with Crippen molar-refractivity contribution >= 4 is 16.1 Å². The van der Waals surface area contributed by atoms with E-state index >= 15 is 0 Å². The third-order valence-corrected chi connectivity index (χ3v) is 11.8. The van der Waals surface area contributed by atoms with Crippen molar-refractivity contribution in [3.05, 3.63) is 35.4 Å². The Morgan fingerprint density at radius 2 is 1.87 bits per heavy atom. The number of aliphatic hydroxyl groups is 2. The number of epoxide rings is 2. The monoisotopic (exact) mass is 548 g/mol. The zero-order valence-corrected chi connectivity index (χ0v) is 22.5. The van der Waals surface area contributed by atoms with E-state index in [4.69, 9.17) is 23.1 Å². The quantitative estimate of drug-likeness (QED) is 0.315. The molecule has 3 aliphatic carbocycles. The third kappa shape index (κ3) is 2.66. The highest BCUT2D eigenvalue weighted by atomic mass is 32.2. The lowest BCUT2D eigenvalue weighted by atomic mass is 9.45. The van der Waals surface area contributed by atoms with Gasteiger partial charge in [-0.15, -0.1) is 0 Å². The molecule has 0 radical (unpaired) electrons. The first-order valence-corrected chi connectivity index (χ1v) is 14.5. The molecule has 10 nitrogen and oxygen atoms in total. The molecule has 1 aromatic rings. The topological polar surface area (TPSA) is 144 Å². The minimum absolute atomic E-state index is 0.0976. The van der Waals surface area contributed by atoms with E-state index in [2.05, 4.69) is 6.92 Å². The first-order valence-electron chi connectivity index (χ1n) is 13.1. The standard InChI is InChI=1S/C27H32O10S/c1-13(2)25(30)20(37-38(31,32)15-7-5-14(33-4)6-8-15)21-27(36-21)24(3)10-9-16-17(12-34-22(16)28)18(24)11-19-26(27,35-19)23(25)29/h5-8,13,18-21,23,29-30H,9-12H2,1-4H3/t18-,19-,20+,21-,23+,24-,25-,26+,27+/m0/s1. The fourth-order valence-electron chi connectivity index (χ4n) is 8.33. The maximum atomic E-state index is 13.5. The summed E-state index contributed by atoms with van der Waals surface area (Å²) in [6, 6.07) is 5.77. The van der Waals surface area contributed by atoms with Crippen LogP contribution in [0.5, 0.6) is 5.75 Å². The molecule has 9 atom stereocenters. The summed E-state index contributed by atoms with van der Waals surface area (Å²) in [7, 11) is -2.88. The first-order chi connectivity index (χ1) is 17.9. The van der Waals surface area contributed by atoms with Crippen molar-refractivity contribution in [2.24, 2.45) is 17.3 Å². The van der Waals surface area contributed by atoms with Gasteiger partial charge >= 0.3 is 5.97 Å². The Labute approximate surface area is 221 Å². The highest BCUT2D eigenvalue weighted by molar-refractivity contribution is 7.86. The number of carbonyl (C=O) groups is 1. The Morgan fingerprint density at radius 1 is 1.16 bits per heavy atom. The van der Waals surface area contributed by atoms with Gasteiger partial charge < -0.3 is 29.2 Å². The maximum Gasteiger partial charge on any atom is 0.334 e. The summed E-state index contributed by atoms with van der Waals surface area (Å²) >= 11 is 0. The van der Waals surface area contributed by atoms with Crippen LogP contribution in [0, 0.1) is 17.3 Å². The van der Waals surface area contributed by atoms with Crippen LogP contribution in [0.15, 0.2) is 40.3 Å². The second-order valence-corrected chi connectivity index (χ2v) is 13.6. The van der Waals surface area contributed by atoms with Gasteiger partial charge in [-0.2, -0.15) is 8.42 Å². The molecular formula is C27H32O10S. The lowest BCUT2D eigenvalue weighted by Crippen LogP contribution is -2.76. The number of ether oxygens (including phenoxy) is 4. The normalized spacial score (nSPS) is 46.4. The highest BCUT2D eigenvalue weighted by Gasteiger charge is 2.97. The van der Waals surface area contributed by atoms with Gasteiger partial charge in [-0.05, 0) is 60.9 Å². The largest absolute Gasteiger partial charge is 0.497 e. The summed E-state index contributed by atoms with van der Waals surface area (Å²) in [4.78, 5) is 12.2. The van der Waals surface area contributed by atoms with Crippen LogP contribution < -0.4 is 4.74 Å². The van der Waals surface area contributed by atoms with Crippen LogP contribution >= 0.6 is 0 Å². The summed E-state index contributed by atoms with van der Waals surface area (Å²) in [5, 5.41) is 24.0. The lowest BCUT2D eigenvalue weighted by molar-refractivity contribution is -0.216. The van der Waals surface area contributed by atoms with Gasteiger partial charge in [0.25, 0.3) is 10.1 Å². The molecular weight excluding hydrogens is 516 g/mol. The zero-order valence-electron chi connectivity index (χ0n) is 21.7. The van der Waals surface area contributed by atoms with Gasteiger partial charge in [-0.25, -0.2) is 4.79 Å². The minimum atomic E-state index is -4.36. The molecule has 2 spiro atoms. The van der Waals surface area contributed by atoms with Crippen LogP contribution in [-0.4, -0.2) is 79.5 Å². The minimum Gasteiger partial charge on any atom is -0.497 e. The molecule has 0 bridgehead atoms. The van der Waals surface area contributed by atoms with Crippen LogP contribution in [0.25, 0.3) is 0 Å². The van der Waals surface area contributed by atoms with Gasteiger partial charge in [0, 0.05) is 11.0 Å². The second-order valence-electron chi connectivity index (χ2n) is 12.1. The van der Waals surface area contributed by atoms with Crippen LogP contribution in [0.2, 0.25) is 0 Å². The molecule has 0 amide bonds. The van der Waals surface area contributed by atoms with Crippen LogP contribution in [0.4, 0.5) is 0 Å². The second kappa shape index (κ2) is 7.38. The Hall–Kier alpha value is -2.02. The summed E-state index contributed by atoms with van der Waals surface area (Å²) in [6.07, 6.45) is -2.45. The Kier molecular flexibility index (Phi) is 4.85. The molecule has 2 N–H and O–H groups in total. The molecule has 3 heterocycles. The van der Waals surface area contributed by atoms with E-state index < -0.39 is 62.7 Å². The number of rotatable bonds is 5. The molecule has 6 aliphatic rings. The van der Waals surface area contributed by atoms with E-state index in [-0.39, 0.29) is 23.4 Å². The predicted octanol–water partition coefficient (Wildman–Crippen LogP) is 1.48. The van der Waals surface area contributed by atoms with Gasteiger partial charge in [0.2, 0.25) is 0 Å². The molecule has 1 aromatic carbocycles. The number of carbonyl (C=O) groups excluding carboxylic acids is 1. The maximum absolute atomic E-state index is 13.5. The van der Waals surface area contributed by atoms with Crippen molar-refractivity contribution in [3.63, 3.8) is 0 Å². The Morgan fingerprint density at radius 3 is 2.53 bits per heavy atom. The van der Waals surface area contributed by atoms with E-state index in [1.807, 2.05) is 0 Å². The highest BCUT2D eigenvalue weighted by Crippen LogP contribution is 2.80. The molecule has 206 valence electrons. The van der Waals surface area contributed by atoms with E-state index in [9.17, 15) is 23.4 Å². The van der Waals surface area contributed by atoms with Crippen LogP contribution in [-0.2, 0) is 33.3 Å². The molecule has 2 saturated carbocycles. The summed E-state index contributed by atoms with van der Waals surface area (Å²) in [6.45, 7) is 5.72. The lowest BCUT2D eigenvalue weighted by Gasteiger charge is -2.57. The Balaban J connectivity index is 1.32. The summed E-state index contributed by atoms with van der Waals surface area (Å²) in [5.74, 6) is -0.478. The van der Waals surface area contributed by atoms with Crippen molar-refractivity contribution < 1.29 is 46.6 Å². The zero-order chi connectivity index (χ0) is 27.0. The summed E-state index contributed by atoms with van der Waals surface area (Å²) < 4.78 is 56.1. The summed E-state index contributed by atoms with van der Waals surface area (Å²) in [5.41, 5.74) is -3.18. The molecule has 3 aliphatic heterocycles. The molecule has 11 heteroatoms. The number of aliphatic hydroxyl groups excluding tert-OH is 1. The predicted molar refractivity (Wildman–Crippen MR) is 129 cm³/mol. The van der Waals surface area contributed by atoms with Crippen molar-refractivity contribution in [1.82, 2.24) is 0 Å².